The molecule has 1 N–H and O–H groups in total. The maximum atomic E-state index is 11.7. The number of sulfone groups is 1. The van der Waals surface area contributed by atoms with Crippen LogP contribution in [-0.4, -0.2) is 37.4 Å². The van der Waals surface area contributed by atoms with E-state index in [0.29, 0.717) is 17.9 Å². The van der Waals surface area contributed by atoms with Gasteiger partial charge in [0.1, 0.15) is 12.4 Å². The van der Waals surface area contributed by atoms with Crippen molar-refractivity contribution in [2.24, 2.45) is 5.16 Å². The molecule has 0 unspecified atom stereocenters. The van der Waals surface area contributed by atoms with Crippen LogP contribution in [0.15, 0.2) is 23.4 Å². The van der Waals surface area contributed by atoms with Crippen LogP contribution in [0, 0.1) is 0 Å². The highest BCUT2D eigenvalue weighted by atomic mass is 32.2. The Hall–Kier alpha value is -1.56. The third-order valence-corrected chi connectivity index (χ3v) is 5.39. The molecule has 6 heteroatoms. The van der Waals surface area contributed by atoms with Gasteiger partial charge in [-0.25, -0.2) is 8.42 Å². The molecule has 1 aliphatic rings. The fourth-order valence-electron chi connectivity index (χ4n) is 2.59. The summed E-state index contributed by atoms with van der Waals surface area (Å²) in [4.78, 5) is 0. The first kappa shape index (κ1) is 15.8. The van der Waals surface area contributed by atoms with E-state index in [1.54, 1.807) is 0 Å². The molecule has 0 bridgehead atoms. The highest BCUT2D eigenvalue weighted by molar-refractivity contribution is 7.91. The first-order valence-electron chi connectivity index (χ1n) is 7.24. The van der Waals surface area contributed by atoms with E-state index in [9.17, 15) is 8.42 Å². The molecular weight excluding hydrogens is 290 g/mol. The predicted octanol–water partition coefficient (Wildman–Crippen LogP) is 2.40. The molecule has 1 aromatic rings. The fourth-order valence-corrected chi connectivity index (χ4v) is 3.76. The Morgan fingerprint density at radius 1 is 1.29 bits per heavy atom. The van der Waals surface area contributed by atoms with Gasteiger partial charge in [0.05, 0.1) is 17.2 Å². The number of oxime groups is 1. The van der Waals surface area contributed by atoms with Gasteiger partial charge in [-0.2, -0.15) is 0 Å². The van der Waals surface area contributed by atoms with Crippen LogP contribution in [0.25, 0.3) is 0 Å². The van der Waals surface area contributed by atoms with E-state index in [0.717, 1.165) is 30.4 Å². The summed E-state index contributed by atoms with van der Waals surface area (Å²) in [5.74, 6) is 0.927. The molecule has 0 amide bonds. The number of benzene rings is 1. The normalized spacial score (nSPS) is 16.7. The largest absolute Gasteiger partial charge is 0.492 e. The topological polar surface area (TPSA) is 76.0 Å². The van der Waals surface area contributed by atoms with Gasteiger partial charge in [0.15, 0.2) is 9.84 Å². The van der Waals surface area contributed by atoms with Crippen molar-refractivity contribution in [2.75, 3.05) is 18.1 Å². The summed E-state index contributed by atoms with van der Waals surface area (Å²) >= 11 is 0. The van der Waals surface area contributed by atoms with Crippen LogP contribution < -0.4 is 4.74 Å². The van der Waals surface area contributed by atoms with E-state index in [1.165, 1.54) is 0 Å². The van der Waals surface area contributed by atoms with Crippen LogP contribution in [0.3, 0.4) is 0 Å². The Bertz CT molecular complexity index is 623. The third kappa shape index (κ3) is 3.97. The molecule has 0 aromatic heterocycles. The summed E-state index contributed by atoms with van der Waals surface area (Å²) < 4.78 is 29.0. The molecule has 1 aliphatic carbocycles. The molecule has 0 radical (unpaired) electrons. The van der Waals surface area contributed by atoms with Crippen molar-refractivity contribution in [3.8, 4) is 5.75 Å². The van der Waals surface area contributed by atoms with Gasteiger partial charge in [-0.3, -0.25) is 0 Å². The summed E-state index contributed by atoms with van der Waals surface area (Å²) in [6, 6.07) is 5.58. The minimum atomic E-state index is -3.03. The van der Waals surface area contributed by atoms with Gasteiger partial charge in [-0.05, 0) is 31.7 Å². The summed E-state index contributed by atoms with van der Waals surface area (Å²) in [6.45, 7) is 2.01. The van der Waals surface area contributed by atoms with E-state index in [1.807, 2.05) is 25.1 Å². The molecule has 2 rings (SSSR count). The molecule has 0 saturated carbocycles. The molecule has 21 heavy (non-hydrogen) atoms. The molecule has 0 aliphatic heterocycles. The average molecular weight is 311 g/mol. The van der Waals surface area contributed by atoms with Crippen LogP contribution in [0.5, 0.6) is 5.75 Å². The zero-order valence-electron chi connectivity index (χ0n) is 12.2. The van der Waals surface area contributed by atoms with Crippen LogP contribution in [0.4, 0.5) is 0 Å². The molecular formula is C15H21NO4S. The quantitative estimate of drug-likeness (QED) is 0.646. The van der Waals surface area contributed by atoms with Crippen molar-refractivity contribution in [1.82, 2.24) is 0 Å². The second kappa shape index (κ2) is 6.93. The lowest BCUT2D eigenvalue weighted by Gasteiger charge is -2.20. The second-order valence-corrected chi connectivity index (χ2v) is 7.49. The molecule has 0 spiro atoms. The minimum Gasteiger partial charge on any atom is -0.492 e. The van der Waals surface area contributed by atoms with E-state index in [4.69, 9.17) is 9.94 Å². The summed E-state index contributed by atoms with van der Waals surface area (Å²) in [6.07, 6.45) is 3.13. The van der Waals surface area contributed by atoms with E-state index in [-0.39, 0.29) is 18.1 Å². The van der Waals surface area contributed by atoms with Crippen LogP contribution in [0.2, 0.25) is 0 Å². The van der Waals surface area contributed by atoms with Gasteiger partial charge in [0.25, 0.3) is 0 Å². The Morgan fingerprint density at radius 3 is 2.81 bits per heavy atom. The SMILES string of the molecule is CCCS(=O)(=O)CCOc1cccc2c1CCC/C2=N\O. The molecule has 116 valence electrons. The van der Waals surface area contributed by atoms with Crippen LogP contribution in [0.1, 0.15) is 37.3 Å². The Morgan fingerprint density at radius 2 is 2.10 bits per heavy atom. The van der Waals surface area contributed by atoms with Crippen molar-refractivity contribution < 1.29 is 18.4 Å². The number of ether oxygens (including phenoxy) is 1. The third-order valence-electron chi connectivity index (χ3n) is 3.57. The molecule has 0 heterocycles. The standard InChI is InChI=1S/C15H21NO4S/c1-2-10-21(18,19)11-9-20-15-8-4-5-12-13(15)6-3-7-14(12)16-17/h4-5,8,17H,2-3,6-7,9-11H2,1H3/b16-14+. The van der Waals surface area contributed by atoms with Gasteiger partial charge in [-0.1, -0.05) is 24.2 Å². The van der Waals surface area contributed by atoms with Crippen molar-refractivity contribution in [3.05, 3.63) is 29.3 Å². The van der Waals surface area contributed by atoms with Crippen LogP contribution >= 0.6 is 0 Å². The first-order valence-corrected chi connectivity index (χ1v) is 9.06. The number of nitrogens with zero attached hydrogens (tertiary/aromatic N) is 1. The summed E-state index contributed by atoms with van der Waals surface area (Å²) in [5, 5.41) is 12.4. The minimum absolute atomic E-state index is 0.0332. The Labute approximate surface area is 125 Å². The van der Waals surface area contributed by atoms with Crippen molar-refractivity contribution in [1.29, 1.82) is 0 Å². The van der Waals surface area contributed by atoms with Crippen LogP contribution in [-0.2, 0) is 16.3 Å². The summed E-state index contributed by atoms with van der Waals surface area (Å²) in [7, 11) is -3.03. The fraction of sp³-hybridized carbons (Fsp3) is 0.533. The number of rotatable bonds is 6. The second-order valence-electron chi connectivity index (χ2n) is 5.18. The van der Waals surface area contributed by atoms with Crippen molar-refractivity contribution in [3.63, 3.8) is 0 Å². The lowest BCUT2D eigenvalue weighted by molar-refractivity contribution is 0.317. The Kier molecular flexibility index (Phi) is 5.22. The van der Waals surface area contributed by atoms with Gasteiger partial charge in [-0.15, -0.1) is 0 Å². The van der Waals surface area contributed by atoms with E-state index >= 15 is 0 Å². The predicted molar refractivity (Wildman–Crippen MR) is 82.1 cm³/mol. The molecule has 5 nitrogen and oxygen atoms in total. The Balaban J connectivity index is 2.09. The van der Waals surface area contributed by atoms with E-state index < -0.39 is 9.84 Å². The number of hydrogen-bond donors (Lipinski definition) is 1. The number of hydrogen-bond acceptors (Lipinski definition) is 5. The van der Waals surface area contributed by atoms with Crippen molar-refractivity contribution in [2.45, 2.75) is 32.6 Å². The zero-order chi connectivity index (χ0) is 15.3. The van der Waals surface area contributed by atoms with Gasteiger partial charge in [0.2, 0.25) is 0 Å². The maximum Gasteiger partial charge on any atom is 0.153 e. The molecule has 0 saturated heterocycles. The lowest BCUT2D eigenvalue weighted by atomic mass is 9.89. The zero-order valence-corrected chi connectivity index (χ0v) is 13.0. The number of fused-ring (bicyclic) bond motifs is 1. The lowest BCUT2D eigenvalue weighted by Crippen LogP contribution is -2.18. The van der Waals surface area contributed by atoms with Gasteiger partial charge < -0.3 is 9.94 Å². The molecule has 0 atom stereocenters. The molecule has 0 fully saturated rings. The molecule has 1 aromatic carbocycles. The van der Waals surface area contributed by atoms with Crippen molar-refractivity contribution >= 4 is 15.5 Å². The highest BCUT2D eigenvalue weighted by Gasteiger charge is 2.19. The average Bonchev–Trinajstić information content (AvgIpc) is 2.46. The van der Waals surface area contributed by atoms with Gasteiger partial charge >= 0.3 is 0 Å². The first-order chi connectivity index (χ1) is 10.1. The maximum absolute atomic E-state index is 11.7. The smallest absolute Gasteiger partial charge is 0.153 e. The highest BCUT2D eigenvalue weighted by Crippen LogP contribution is 2.29. The summed E-state index contributed by atoms with van der Waals surface area (Å²) in [5.41, 5.74) is 2.57. The van der Waals surface area contributed by atoms with Gasteiger partial charge in [0, 0.05) is 11.1 Å². The monoisotopic (exact) mass is 311 g/mol. The van der Waals surface area contributed by atoms with E-state index in [2.05, 4.69) is 5.16 Å².